The van der Waals surface area contributed by atoms with Gasteiger partial charge >= 0.3 is 6.18 Å². The van der Waals surface area contributed by atoms with Crippen LogP contribution in [0.25, 0.3) is 0 Å². The van der Waals surface area contributed by atoms with E-state index in [1.54, 1.807) is 0 Å². The zero-order valence-corrected chi connectivity index (χ0v) is 14.0. The van der Waals surface area contributed by atoms with Gasteiger partial charge in [-0.05, 0) is 23.6 Å². The second-order valence-electron chi connectivity index (χ2n) is 5.62. The highest BCUT2D eigenvalue weighted by Gasteiger charge is 2.33. The molecule has 24 heavy (non-hydrogen) atoms. The molecule has 1 aromatic carbocycles. The smallest absolute Gasteiger partial charge is 0.379 e. The van der Waals surface area contributed by atoms with Crippen molar-refractivity contribution < 1.29 is 22.3 Å². The number of hydrogen-bond acceptors (Lipinski definition) is 2. The van der Waals surface area contributed by atoms with Gasteiger partial charge in [0.25, 0.3) is 0 Å². The summed E-state index contributed by atoms with van der Waals surface area (Å²) in [7, 11) is 1.51. The third-order valence-corrected chi connectivity index (χ3v) is 3.04. The number of aliphatic imine (C=N–C) groups is 1. The molecular formula is C16H23F4N3O. The van der Waals surface area contributed by atoms with E-state index in [9.17, 15) is 17.6 Å². The molecule has 0 saturated heterocycles. The number of halogens is 4. The molecular weight excluding hydrogens is 326 g/mol. The fourth-order valence-electron chi connectivity index (χ4n) is 1.93. The molecule has 0 spiro atoms. The molecule has 0 radical (unpaired) electrons. The van der Waals surface area contributed by atoms with E-state index in [2.05, 4.69) is 15.6 Å². The molecule has 4 nitrogen and oxygen atoms in total. The molecule has 0 fully saturated rings. The van der Waals surface area contributed by atoms with E-state index < -0.39 is 17.6 Å². The van der Waals surface area contributed by atoms with Crippen LogP contribution < -0.4 is 10.6 Å². The molecule has 1 rings (SSSR count). The summed E-state index contributed by atoms with van der Waals surface area (Å²) >= 11 is 0. The number of hydrogen-bond donors (Lipinski definition) is 2. The van der Waals surface area contributed by atoms with Gasteiger partial charge in [0, 0.05) is 26.7 Å². The molecule has 0 saturated carbocycles. The molecule has 0 heterocycles. The summed E-state index contributed by atoms with van der Waals surface area (Å²) in [6.07, 6.45) is -4.61. The minimum Gasteiger partial charge on any atom is -0.379 e. The predicted octanol–water partition coefficient (Wildman–Crippen LogP) is 3.18. The molecule has 0 amide bonds. The minimum absolute atomic E-state index is 0.0529. The number of benzene rings is 1. The standard InChI is InChI=1S/C16H23F4N3O/c1-11(2)10-24-7-6-22-15(21-3)23-9-12-4-5-13(17)8-14(12)16(18,19)20/h4-5,8,11H,6-7,9-10H2,1-3H3,(H2,21,22,23). The fraction of sp³-hybridized carbons (Fsp3) is 0.562. The SMILES string of the molecule is CN=C(NCCOCC(C)C)NCc1ccc(F)cc1C(F)(F)F. The van der Waals surface area contributed by atoms with E-state index in [-0.39, 0.29) is 12.1 Å². The molecule has 1 aromatic rings. The van der Waals surface area contributed by atoms with Crippen molar-refractivity contribution in [3.8, 4) is 0 Å². The Morgan fingerprint density at radius 3 is 2.54 bits per heavy atom. The Hall–Kier alpha value is -1.83. The van der Waals surface area contributed by atoms with E-state index in [1.807, 2.05) is 13.8 Å². The predicted molar refractivity (Wildman–Crippen MR) is 85.3 cm³/mol. The van der Waals surface area contributed by atoms with Gasteiger partial charge < -0.3 is 15.4 Å². The number of ether oxygens (including phenoxy) is 1. The van der Waals surface area contributed by atoms with Crippen molar-refractivity contribution in [3.05, 3.63) is 35.1 Å². The van der Waals surface area contributed by atoms with Gasteiger partial charge in [-0.1, -0.05) is 19.9 Å². The van der Waals surface area contributed by atoms with E-state index in [0.29, 0.717) is 37.7 Å². The summed E-state index contributed by atoms with van der Waals surface area (Å²) < 4.78 is 57.3. The largest absolute Gasteiger partial charge is 0.416 e. The Bertz CT molecular complexity index is 545. The topological polar surface area (TPSA) is 45.7 Å². The normalized spacial score (nSPS) is 12.6. The van der Waals surface area contributed by atoms with Crippen LogP contribution in [0.3, 0.4) is 0 Å². The van der Waals surface area contributed by atoms with Gasteiger partial charge in [-0.25, -0.2) is 4.39 Å². The van der Waals surface area contributed by atoms with Gasteiger partial charge in [-0.15, -0.1) is 0 Å². The van der Waals surface area contributed by atoms with Gasteiger partial charge in [0.05, 0.1) is 12.2 Å². The van der Waals surface area contributed by atoms with Crippen molar-refractivity contribution in [2.24, 2.45) is 10.9 Å². The average molecular weight is 349 g/mol. The summed E-state index contributed by atoms with van der Waals surface area (Å²) in [6.45, 7) is 5.52. The van der Waals surface area contributed by atoms with Crippen LogP contribution >= 0.6 is 0 Å². The Kier molecular flexibility index (Phi) is 7.97. The highest BCUT2D eigenvalue weighted by molar-refractivity contribution is 5.79. The van der Waals surface area contributed by atoms with Crippen LogP contribution in [0.4, 0.5) is 17.6 Å². The van der Waals surface area contributed by atoms with Crippen molar-refractivity contribution >= 4 is 5.96 Å². The van der Waals surface area contributed by atoms with Crippen LogP contribution in [0.5, 0.6) is 0 Å². The number of alkyl halides is 3. The van der Waals surface area contributed by atoms with Crippen LogP contribution in [0.1, 0.15) is 25.0 Å². The Morgan fingerprint density at radius 1 is 1.25 bits per heavy atom. The summed E-state index contributed by atoms with van der Waals surface area (Å²) in [5.74, 6) is -0.141. The van der Waals surface area contributed by atoms with Gasteiger partial charge in [0.15, 0.2) is 5.96 Å². The summed E-state index contributed by atoms with van der Waals surface area (Å²) in [6, 6.07) is 2.61. The van der Waals surface area contributed by atoms with Crippen LogP contribution in [-0.2, 0) is 17.5 Å². The average Bonchev–Trinajstić information content (AvgIpc) is 2.49. The molecule has 0 aliphatic carbocycles. The van der Waals surface area contributed by atoms with E-state index in [4.69, 9.17) is 4.74 Å². The first-order chi connectivity index (χ1) is 11.2. The second kappa shape index (κ2) is 9.46. The van der Waals surface area contributed by atoms with Crippen LogP contribution in [-0.4, -0.2) is 32.8 Å². The molecule has 0 aromatic heterocycles. The molecule has 0 atom stereocenters. The lowest BCUT2D eigenvalue weighted by molar-refractivity contribution is -0.138. The van der Waals surface area contributed by atoms with Crippen molar-refractivity contribution in [2.75, 3.05) is 26.8 Å². The number of nitrogens with zero attached hydrogens (tertiary/aromatic N) is 1. The first-order valence-corrected chi connectivity index (χ1v) is 7.62. The van der Waals surface area contributed by atoms with Crippen molar-refractivity contribution in [1.29, 1.82) is 0 Å². The lowest BCUT2D eigenvalue weighted by Gasteiger charge is -2.16. The van der Waals surface area contributed by atoms with E-state index in [1.165, 1.54) is 7.05 Å². The zero-order chi connectivity index (χ0) is 18.2. The highest BCUT2D eigenvalue weighted by atomic mass is 19.4. The van der Waals surface area contributed by atoms with Gasteiger partial charge in [0.1, 0.15) is 5.82 Å². The highest BCUT2D eigenvalue weighted by Crippen LogP contribution is 2.32. The van der Waals surface area contributed by atoms with E-state index >= 15 is 0 Å². The third kappa shape index (κ3) is 7.16. The quantitative estimate of drug-likeness (QED) is 0.344. The van der Waals surface area contributed by atoms with Crippen molar-refractivity contribution in [3.63, 3.8) is 0 Å². The van der Waals surface area contributed by atoms with Crippen LogP contribution in [0.15, 0.2) is 23.2 Å². The molecule has 0 bridgehead atoms. The third-order valence-electron chi connectivity index (χ3n) is 3.04. The Morgan fingerprint density at radius 2 is 1.96 bits per heavy atom. The maximum Gasteiger partial charge on any atom is 0.416 e. The first-order valence-electron chi connectivity index (χ1n) is 7.62. The molecule has 0 unspecified atom stereocenters. The molecule has 2 N–H and O–H groups in total. The number of nitrogens with one attached hydrogen (secondary N) is 2. The summed E-state index contributed by atoms with van der Waals surface area (Å²) in [5.41, 5.74) is -1.05. The first kappa shape index (κ1) is 20.2. The monoisotopic (exact) mass is 349 g/mol. The van der Waals surface area contributed by atoms with Crippen LogP contribution in [0, 0.1) is 11.7 Å². The molecule has 0 aliphatic heterocycles. The molecule has 8 heteroatoms. The second-order valence-corrected chi connectivity index (χ2v) is 5.62. The summed E-state index contributed by atoms with van der Waals surface area (Å²) in [4.78, 5) is 3.93. The Balaban J connectivity index is 2.55. The van der Waals surface area contributed by atoms with Gasteiger partial charge in [-0.3, -0.25) is 4.99 Å². The van der Waals surface area contributed by atoms with Gasteiger partial charge in [0.2, 0.25) is 0 Å². The van der Waals surface area contributed by atoms with E-state index in [0.717, 1.165) is 12.1 Å². The molecule has 136 valence electrons. The molecule has 0 aliphatic rings. The lowest BCUT2D eigenvalue weighted by Crippen LogP contribution is -2.39. The number of guanidine groups is 1. The van der Waals surface area contributed by atoms with Crippen molar-refractivity contribution in [2.45, 2.75) is 26.6 Å². The summed E-state index contributed by atoms with van der Waals surface area (Å²) in [5, 5.41) is 5.72. The lowest BCUT2D eigenvalue weighted by atomic mass is 10.1. The maximum atomic E-state index is 13.1. The van der Waals surface area contributed by atoms with Crippen LogP contribution in [0.2, 0.25) is 0 Å². The minimum atomic E-state index is -4.61. The zero-order valence-electron chi connectivity index (χ0n) is 14.0. The maximum absolute atomic E-state index is 13.1. The number of rotatable bonds is 7. The Labute approximate surface area is 139 Å². The van der Waals surface area contributed by atoms with Crippen molar-refractivity contribution in [1.82, 2.24) is 10.6 Å². The van der Waals surface area contributed by atoms with Gasteiger partial charge in [-0.2, -0.15) is 13.2 Å². The fourth-order valence-corrected chi connectivity index (χ4v) is 1.93.